The molecule has 4 heteroatoms. The molecule has 0 aliphatic heterocycles. The molecule has 0 fully saturated rings. The van der Waals surface area contributed by atoms with E-state index in [1.54, 1.807) is 18.2 Å². The second-order valence-electron chi connectivity index (χ2n) is 5.28. The summed E-state index contributed by atoms with van der Waals surface area (Å²) in [4.78, 5) is 0. The van der Waals surface area contributed by atoms with Crippen LogP contribution < -0.4 is 16.0 Å². The largest absolute Gasteiger partial charge is 0.494 e. The van der Waals surface area contributed by atoms with Crippen molar-refractivity contribution in [2.45, 2.75) is 26.3 Å². The van der Waals surface area contributed by atoms with Crippen molar-refractivity contribution >= 4 is 0 Å². The molecule has 0 bridgehead atoms. The van der Waals surface area contributed by atoms with Crippen molar-refractivity contribution in [3.05, 3.63) is 64.5 Å². The summed E-state index contributed by atoms with van der Waals surface area (Å²) in [5, 5.41) is 0. The summed E-state index contributed by atoms with van der Waals surface area (Å²) in [6.45, 7) is 4.08. The number of methoxy groups -OCH3 is 1. The minimum atomic E-state index is -0.329. The van der Waals surface area contributed by atoms with Crippen molar-refractivity contribution in [3.8, 4) is 5.75 Å². The van der Waals surface area contributed by atoms with E-state index >= 15 is 0 Å². The van der Waals surface area contributed by atoms with Crippen LogP contribution in [-0.4, -0.2) is 7.11 Å². The van der Waals surface area contributed by atoms with Crippen molar-refractivity contribution in [1.82, 2.24) is 5.43 Å². The number of nitrogens with two attached hydrogens (primary N) is 1. The van der Waals surface area contributed by atoms with Gasteiger partial charge in [0.05, 0.1) is 13.2 Å². The SMILES string of the molecule is COc1cccc(CC(NN)c2cc(C)cc(C)c2)c1F. The maximum atomic E-state index is 14.3. The first-order chi connectivity index (χ1) is 10.0. The lowest BCUT2D eigenvalue weighted by atomic mass is 9.96. The number of hydrazine groups is 1. The standard InChI is InChI=1S/C17H21FN2O/c1-11-7-12(2)9-14(8-11)15(20-19)10-13-5-4-6-16(21-3)17(13)18/h4-9,15,20H,10,19H2,1-3H3. The fourth-order valence-corrected chi connectivity index (χ4v) is 2.58. The number of hydrogen-bond acceptors (Lipinski definition) is 3. The molecule has 1 unspecified atom stereocenters. The first-order valence-electron chi connectivity index (χ1n) is 6.91. The Balaban J connectivity index is 2.31. The molecule has 0 spiro atoms. The van der Waals surface area contributed by atoms with E-state index in [1.165, 1.54) is 7.11 Å². The van der Waals surface area contributed by atoms with E-state index in [1.807, 2.05) is 13.8 Å². The Kier molecular flexibility index (Phi) is 4.94. The van der Waals surface area contributed by atoms with Gasteiger partial charge in [-0.2, -0.15) is 0 Å². The zero-order valence-corrected chi connectivity index (χ0v) is 12.6. The van der Waals surface area contributed by atoms with Crippen LogP contribution in [0.4, 0.5) is 4.39 Å². The van der Waals surface area contributed by atoms with Gasteiger partial charge in [-0.15, -0.1) is 0 Å². The van der Waals surface area contributed by atoms with E-state index in [9.17, 15) is 4.39 Å². The van der Waals surface area contributed by atoms with Gasteiger partial charge in [-0.1, -0.05) is 41.5 Å². The summed E-state index contributed by atoms with van der Waals surface area (Å²) < 4.78 is 19.3. The fourth-order valence-electron chi connectivity index (χ4n) is 2.58. The number of rotatable bonds is 5. The molecule has 0 radical (unpaired) electrons. The minimum Gasteiger partial charge on any atom is -0.494 e. The van der Waals surface area contributed by atoms with Crippen LogP contribution in [0.2, 0.25) is 0 Å². The first-order valence-corrected chi connectivity index (χ1v) is 6.91. The summed E-state index contributed by atoms with van der Waals surface area (Å²) >= 11 is 0. The van der Waals surface area contributed by atoms with Gasteiger partial charge in [-0.25, -0.2) is 4.39 Å². The van der Waals surface area contributed by atoms with E-state index < -0.39 is 0 Å². The number of ether oxygens (including phenoxy) is 1. The van der Waals surface area contributed by atoms with Crippen LogP contribution in [0, 0.1) is 19.7 Å². The molecule has 0 heterocycles. The zero-order valence-electron chi connectivity index (χ0n) is 12.6. The molecule has 0 aliphatic carbocycles. The average molecular weight is 288 g/mol. The summed E-state index contributed by atoms with van der Waals surface area (Å²) in [6, 6.07) is 11.2. The molecule has 21 heavy (non-hydrogen) atoms. The van der Waals surface area contributed by atoms with Crippen LogP contribution in [0.1, 0.15) is 28.3 Å². The van der Waals surface area contributed by atoms with Gasteiger partial charge in [0.25, 0.3) is 0 Å². The Hall–Kier alpha value is -1.91. The van der Waals surface area contributed by atoms with E-state index in [0.29, 0.717) is 12.0 Å². The van der Waals surface area contributed by atoms with Gasteiger partial charge in [0, 0.05) is 0 Å². The van der Waals surface area contributed by atoms with Gasteiger partial charge in [0.1, 0.15) is 0 Å². The number of aryl methyl sites for hydroxylation is 2. The van der Waals surface area contributed by atoms with Crippen LogP contribution >= 0.6 is 0 Å². The summed E-state index contributed by atoms with van der Waals surface area (Å²) in [7, 11) is 1.46. The molecule has 3 nitrogen and oxygen atoms in total. The molecule has 0 saturated carbocycles. The highest BCUT2D eigenvalue weighted by atomic mass is 19.1. The third kappa shape index (κ3) is 3.60. The second-order valence-corrected chi connectivity index (χ2v) is 5.28. The first kappa shape index (κ1) is 15.5. The minimum absolute atomic E-state index is 0.148. The molecule has 0 amide bonds. The summed E-state index contributed by atoms with van der Waals surface area (Å²) in [6.07, 6.45) is 0.461. The Morgan fingerprint density at radius 1 is 1.19 bits per heavy atom. The molecular weight excluding hydrogens is 267 g/mol. The molecule has 2 rings (SSSR count). The van der Waals surface area contributed by atoms with Crippen molar-refractivity contribution in [1.29, 1.82) is 0 Å². The molecular formula is C17H21FN2O. The third-order valence-corrected chi connectivity index (χ3v) is 3.53. The number of nitrogens with one attached hydrogen (secondary N) is 1. The maximum Gasteiger partial charge on any atom is 0.168 e. The van der Waals surface area contributed by atoms with Gasteiger partial charge in [-0.3, -0.25) is 11.3 Å². The second kappa shape index (κ2) is 6.70. The van der Waals surface area contributed by atoms with Gasteiger partial charge >= 0.3 is 0 Å². The van der Waals surface area contributed by atoms with E-state index in [0.717, 1.165) is 16.7 Å². The molecule has 3 N–H and O–H groups in total. The van der Waals surface area contributed by atoms with Crippen LogP contribution in [0.15, 0.2) is 36.4 Å². The highest BCUT2D eigenvalue weighted by Crippen LogP contribution is 2.25. The molecule has 112 valence electrons. The Morgan fingerprint density at radius 2 is 1.86 bits per heavy atom. The predicted molar refractivity (Wildman–Crippen MR) is 82.6 cm³/mol. The average Bonchev–Trinajstić information content (AvgIpc) is 2.45. The fraction of sp³-hybridized carbons (Fsp3) is 0.294. The predicted octanol–water partition coefficient (Wildman–Crippen LogP) is 3.20. The Labute approximate surface area is 124 Å². The van der Waals surface area contributed by atoms with Crippen molar-refractivity contribution in [3.63, 3.8) is 0 Å². The maximum absolute atomic E-state index is 14.3. The highest BCUT2D eigenvalue weighted by molar-refractivity contribution is 5.35. The highest BCUT2D eigenvalue weighted by Gasteiger charge is 2.16. The van der Waals surface area contributed by atoms with Gasteiger partial charge in [0.15, 0.2) is 11.6 Å². The summed E-state index contributed by atoms with van der Waals surface area (Å²) in [5.74, 6) is 5.59. The van der Waals surface area contributed by atoms with Crippen molar-refractivity contribution < 1.29 is 9.13 Å². The van der Waals surface area contributed by atoms with E-state index in [4.69, 9.17) is 10.6 Å². The van der Waals surface area contributed by atoms with Crippen LogP contribution in [0.25, 0.3) is 0 Å². The molecule has 0 aromatic heterocycles. The third-order valence-electron chi connectivity index (χ3n) is 3.53. The van der Waals surface area contributed by atoms with Crippen LogP contribution in [-0.2, 0) is 6.42 Å². The quantitative estimate of drug-likeness (QED) is 0.656. The molecule has 1 atom stereocenters. The monoisotopic (exact) mass is 288 g/mol. The van der Waals surface area contributed by atoms with Crippen molar-refractivity contribution in [2.24, 2.45) is 5.84 Å². The Morgan fingerprint density at radius 3 is 2.43 bits per heavy atom. The normalized spacial score (nSPS) is 12.2. The lowest BCUT2D eigenvalue weighted by Crippen LogP contribution is -2.30. The van der Waals surface area contributed by atoms with Crippen LogP contribution in [0.3, 0.4) is 0 Å². The number of benzene rings is 2. The van der Waals surface area contributed by atoms with E-state index in [2.05, 4.69) is 23.6 Å². The van der Waals surface area contributed by atoms with Gasteiger partial charge in [-0.05, 0) is 37.5 Å². The number of hydrogen-bond donors (Lipinski definition) is 2. The molecule has 0 aliphatic rings. The molecule has 2 aromatic carbocycles. The smallest absolute Gasteiger partial charge is 0.168 e. The zero-order chi connectivity index (χ0) is 15.4. The van der Waals surface area contributed by atoms with E-state index in [-0.39, 0.29) is 17.6 Å². The molecule has 0 saturated heterocycles. The lowest BCUT2D eigenvalue weighted by molar-refractivity contribution is 0.382. The van der Waals surface area contributed by atoms with Gasteiger partial charge in [0.2, 0.25) is 0 Å². The van der Waals surface area contributed by atoms with Gasteiger partial charge < -0.3 is 4.74 Å². The summed E-state index contributed by atoms with van der Waals surface area (Å²) in [5.41, 5.74) is 6.74. The topological polar surface area (TPSA) is 47.3 Å². The Bertz CT molecular complexity index is 608. The van der Waals surface area contributed by atoms with Crippen LogP contribution in [0.5, 0.6) is 5.75 Å². The van der Waals surface area contributed by atoms with Crippen molar-refractivity contribution in [2.75, 3.05) is 7.11 Å². The molecule has 2 aromatic rings. The lowest BCUT2D eigenvalue weighted by Gasteiger charge is -2.18. The number of halogens is 1.